The van der Waals surface area contributed by atoms with Crippen molar-refractivity contribution >= 4 is 5.78 Å². The van der Waals surface area contributed by atoms with Crippen LogP contribution in [0.2, 0.25) is 0 Å². The van der Waals surface area contributed by atoms with Crippen LogP contribution in [0, 0.1) is 11.3 Å². The van der Waals surface area contributed by atoms with E-state index >= 15 is 0 Å². The number of rotatable bonds is 4. The third-order valence-corrected chi connectivity index (χ3v) is 3.17. The van der Waals surface area contributed by atoms with E-state index < -0.39 is 5.92 Å². The molecule has 0 spiro atoms. The van der Waals surface area contributed by atoms with Crippen molar-refractivity contribution in [1.29, 1.82) is 5.26 Å². The summed E-state index contributed by atoms with van der Waals surface area (Å²) in [5, 5.41) is 9.32. The minimum Gasteiger partial charge on any atom is -0.292 e. The summed E-state index contributed by atoms with van der Waals surface area (Å²) < 4.78 is 1.69. The van der Waals surface area contributed by atoms with Crippen molar-refractivity contribution < 1.29 is 4.79 Å². The lowest BCUT2D eigenvalue weighted by atomic mass is 9.96. The number of carbonyl (C=O) groups excluding carboxylic acids is 1. The first-order valence-corrected chi connectivity index (χ1v) is 6.59. The molecule has 22 heavy (non-hydrogen) atoms. The molecule has 0 N–H and O–H groups in total. The molecule has 6 nitrogen and oxygen atoms in total. The van der Waals surface area contributed by atoms with Crippen LogP contribution in [0.3, 0.4) is 0 Å². The average Bonchev–Trinajstić information content (AvgIpc) is 3.11. The molecule has 3 heterocycles. The van der Waals surface area contributed by atoms with Gasteiger partial charge in [0.15, 0.2) is 11.7 Å². The quantitative estimate of drug-likeness (QED) is 0.687. The molecule has 0 saturated heterocycles. The Morgan fingerprint density at radius 1 is 1.18 bits per heavy atom. The number of hydrogen-bond donors (Lipinski definition) is 0. The van der Waals surface area contributed by atoms with Crippen LogP contribution in [-0.4, -0.2) is 25.3 Å². The van der Waals surface area contributed by atoms with Gasteiger partial charge in [-0.3, -0.25) is 14.3 Å². The van der Waals surface area contributed by atoms with Crippen LogP contribution in [0.4, 0.5) is 0 Å². The van der Waals surface area contributed by atoms with Crippen LogP contribution >= 0.6 is 0 Å². The summed E-state index contributed by atoms with van der Waals surface area (Å²) in [7, 11) is 0. The van der Waals surface area contributed by atoms with Crippen molar-refractivity contribution in [3.8, 4) is 11.9 Å². The lowest BCUT2D eigenvalue weighted by molar-refractivity contribution is 0.0977. The van der Waals surface area contributed by atoms with Crippen LogP contribution in [0.25, 0.3) is 5.82 Å². The van der Waals surface area contributed by atoms with Gasteiger partial charge in [0.2, 0.25) is 0 Å². The Morgan fingerprint density at radius 2 is 2.09 bits per heavy atom. The molecule has 3 aromatic rings. The first-order valence-electron chi connectivity index (χ1n) is 6.59. The summed E-state index contributed by atoms with van der Waals surface area (Å²) in [5.41, 5.74) is 0.854. The summed E-state index contributed by atoms with van der Waals surface area (Å²) in [6, 6.07) is 10.4. The summed E-state index contributed by atoms with van der Waals surface area (Å²) in [4.78, 5) is 24.8. The Bertz CT molecular complexity index is 821. The molecular weight excluding hydrogens is 278 g/mol. The van der Waals surface area contributed by atoms with Gasteiger partial charge in [-0.05, 0) is 24.3 Å². The number of aromatic nitrogens is 4. The van der Waals surface area contributed by atoms with Crippen molar-refractivity contribution in [3.63, 3.8) is 0 Å². The number of nitriles is 1. The number of nitrogens with zero attached hydrogens (tertiary/aromatic N) is 5. The topological polar surface area (TPSA) is 84.5 Å². The molecule has 0 aromatic carbocycles. The minimum absolute atomic E-state index is 0.301. The smallest absolute Gasteiger partial charge is 0.186 e. The Hall–Kier alpha value is -3.33. The standard InChI is InChI=1S/C16H11N5O/c17-10-13(14-3-1-2-5-19-14)16(22)12-4-6-20-15(9-12)21-8-7-18-11-21/h1-9,11,13H/t13-/m0/s1. The molecular formula is C16H11N5O. The molecule has 0 radical (unpaired) electrons. The van der Waals surface area contributed by atoms with Crippen molar-refractivity contribution in [2.24, 2.45) is 0 Å². The van der Waals surface area contributed by atoms with E-state index in [1.807, 2.05) is 6.07 Å². The van der Waals surface area contributed by atoms with Crippen molar-refractivity contribution in [2.45, 2.75) is 5.92 Å². The van der Waals surface area contributed by atoms with E-state index in [0.717, 1.165) is 0 Å². The number of carbonyl (C=O) groups is 1. The fourth-order valence-corrected chi connectivity index (χ4v) is 2.08. The van der Waals surface area contributed by atoms with Gasteiger partial charge in [0.1, 0.15) is 12.1 Å². The van der Waals surface area contributed by atoms with Gasteiger partial charge in [-0.2, -0.15) is 5.26 Å². The fourth-order valence-electron chi connectivity index (χ4n) is 2.08. The second-order valence-electron chi connectivity index (χ2n) is 4.55. The third-order valence-electron chi connectivity index (χ3n) is 3.17. The Morgan fingerprint density at radius 3 is 2.77 bits per heavy atom. The molecule has 0 saturated carbocycles. The molecule has 0 aliphatic carbocycles. The molecule has 3 aromatic heterocycles. The second-order valence-corrected chi connectivity index (χ2v) is 4.55. The number of imidazole rings is 1. The predicted molar refractivity (Wildman–Crippen MR) is 78.3 cm³/mol. The summed E-state index contributed by atoms with van der Waals surface area (Å²) in [5.74, 6) is -0.662. The molecule has 0 unspecified atom stereocenters. The summed E-state index contributed by atoms with van der Waals surface area (Å²) in [6.07, 6.45) is 8.06. The van der Waals surface area contributed by atoms with Crippen LogP contribution in [0.5, 0.6) is 0 Å². The van der Waals surface area contributed by atoms with Crippen molar-refractivity contribution in [3.05, 3.63) is 72.7 Å². The first kappa shape index (κ1) is 13.6. The molecule has 0 aliphatic heterocycles. The molecule has 0 amide bonds. The first-order chi connectivity index (χ1) is 10.8. The number of ketones is 1. The molecule has 1 atom stereocenters. The van der Waals surface area contributed by atoms with Crippen LogP contribution in [-0.2, 0) is 0 Å². The van der Waals surface area contributed by atoms with E-state index in [4.69, 9.17) is 0 Å². The lowest BCUT2D eigenvalue weighted by Gasteiger charge is -2.08. The van der Waals surface area contributed by atoms with Gasteiger partial charge in [-0.25, -0.2) is 9.97 Å². The van der Waals surface area contributed by atoms with E-state index in [-0.39, 0.29) is 5.78 Å². The van der Waals surface area contributed by atoms with Gasteiger partial charge in [-0.15, -0.1) is 0 Å². The average molecular weight is 289 g/mol. The molecule has 0 aliphatic rings. The Kier molecular flexibility index (Phi) is 3.70. The Labute approximate surface area is 126 Å². The number of hydrogen-bond acceptors (Lipinski definition) is 5. The van der Waals surface area contributed by atoms with E-state index in [9.17, 15) is 10.1 Å². The maximum atomic E-state index is 12.6. The van der Waals surface area contributed by atoms with Gasteiger partial charge in [0, 0.05) is 30.4 Å². The number of Topliss-reactive ketones (excluding diaryl/α,β-unsaturated/α-hetero) is 1. The van der Waals surface area contributed by atoms with Crippen LogP contribution < -0.4 is 0 Å². The highest BCUT2D eigenvalue weighted by Gasteiger charge is 2.23. The van der Waals surface area contributed by atoms with E-state index in [1.165, 1.54) is 6.20 Å². The monoisotopic (exact) mass is 289 g/mol. The van der Waals surface area contributed by atoms with Gasteiger partial charge >= 0.3 is 0 Å². The fraction of sp³-hybridized carbons (Fsp3) is 0.0625. The third kappa shape index (κ3) is 2.60. The van der Waals surface area contributed by atoms with Crippen molar-refractivity contribution in [2.75, 3.05) is 0 Å². The van der Waals surface area contributed by atoms with Crippen LogP contribution in [0.1, 0.15) is 22.0 Å². The lowest BCUT2D eigenvalue weighted by Crippen LogP contribution is -2.13. The zero-order chi connectivity index (χ0) is 15.4. The SMILES string of the molecule is N#C[C@H](C(=O)c1ccnc(-n2ccnc2)c1)c1ccccn1. The zero-order valence-electron chi connectivity index (χ0n) is 11.5. The largest absolute Gasteiger partial charge is 0.292 e. The predicted octanol–water partition coefficient (Wildman–Crippen LogP) is 2.15. The van der Waals surface area contributed by atoms with Gasteiger partial charge < -0.3 is 0 Å². The summed E-state index contributed by atoms with van der Waals surface area (Å²) >= 11 is 0. The molecule has 6 heteroatoms. The second kappa shape index (κ2) is 5.97. The van der Waals surface area contributed by atoms with Gasteiger partial charge in [0.05, 0.1) is 11.8 Å². The number of pyridine rings is 2. The maximum absolute atomic E-state index is 12.6. The maximum Gasteiger partial charge on any atom is 0.186 e. The zero-order valence-corrected chi connectivity index (χ0v) is 11.5. The Balaban J connectivity index is 1.95. The highest BCUT2D eigenvalue weighted by atomic mass is 16.1. The normalized spacial score (nSPS) is 11.6. The van der Waals surface area contributed by atoms with E-state index in [1.54, 1.807) is 59.8 Å². The van der Waals surface area contributed by atoms with E-state index in [2.05, 4.69) is 15.0 Å². The molecule has 0 fully saturated rings. The van der Waals surface area contributed by atoms with Crippen LogP contribution in [0.15, 0.2) is 61.4 Å². The summed E-state index contributed by atoms with van der Waals surface area (Å²) in [6.45, 7) is 0. The van der Waals surface area contributed by atoms with Gasteiger partial charge in [0.25, 0.3) is 0 Å². The highest BCUT2D eigenvalue weighted by Crippen LogP contribution is 2.19. The minimum atomic E-state index is -0.931. The molecule has 0 bridgehead atoms. The molecule has 106 valence electrons. The highest BCUT2D eigenvalue weighted by molar-refractivity contribution is 6.02. The van der Waals surface area contributed by atoms with Crippen molar-refractivity contribution in [1.82, 2.24) is 19.5 Å². The van der Waals surface area contributed by atoms with Gasteiger partial charge in [-0.1, -0.05) is 6.07 Å². The van der Waals surface area contributed by atoms with E-state index in [0.29, 0.717) is 17.1 Å². The molecule has 3 rings (SSSR count).